The van der Waals surface area contributed by atoms with Gasteiger partial charge >= 0.3 is 5.69 Å². The molecular formula is C16H9Cl4N5O2. The molecule has 2 aromatic carbocycles. The summed E-state index contributed by atoms with van der Waals surface area (Å²) in [5, 5.41) is 18.3. The molecule has 27 heavy (non-hydrogen) atoms. The maximum absolute atomic E-state index is 11.7. The van der Waals surface area contributed by atoms with E-state index in [1.807, 2.05) is 0 Å². The van der Waals surface area contributed by atoms with Crippen molar-refractivity contribution in [2.24, 2.45) is 0 Å². The van der Waals surface area contributed by atoms with Gasteiger partial charge in [-0.05, 0) is 24.3 Å². The molecule has 3 aromatic rings. The zero-order valence-corrected chi connectivity index (χ0v) is 16.2. The lowest BCUT2D eigenvalue weighted by molar-refractivity contribution is -0.383. The Kier molecular flexibility index (Phi) is 5.86. The first-order valence-corrected chi connectivity index (χ1v) is 8.81. The van der Waals surface area contributed by atoms with Gasteiger partial charge in [-0.15, -0.1) is 0 Å². The lowest BCUT2D eigenvalue weighted by atomic mass is 10.3. The van der Waals surface area contributed by atoms with Gasteiger partial charge in [-0.3, -0.25) is 10.1 Å². The molecule has 0 radical (unpaired) electrons. The van der Waals surface area contributed by atoms with Gasteiger partial charge in [-0.25, -0.2) is 9.97 Å². The zero-order valence-electron chi connectivity index (χ0n) is 13.2. The number of aromatic nitrogens is 2. The first-order chi connectivity index (χ1) is 12.9. The van der Waals surface area contributed by atoms with E-state index in [0.717, 1.165) is 6.33 Å². The minimum atomic E-state index is -0.623. The van der Waals surface area contributed by atoms with E-state index in [1.54, 1.807) is 36.4 Å². The maximum Gasteiger partial charge on any atom is 0.353 e. The summed E-state index contributed by atoms with van der Waals surface area (Å²) in [5.74, 6) is -0.139. The van der Waals surface area contributed by atoms with Gasteiger partial charge < -0.3 is 10.6 Å². The molecule has 0 aliphatic heterocycles. The standard InChI is InChI=1S/C16H9Cl4N5O2/c17-8-3-1-5-10(12(8)19)23-15-14(25(26)27)16(22-7-21-15)24-11-6-2-4-9(18)13(11)20/h1-7H,(H2,21,22,23,24). The molecule has 11 heteroatoms. The Morgan fingerprint density at radius 1 is 0.815 bits per heavy atom. The predicted molar refractivity (Wildman–Crippen MR) is 108 cm³/mol. The largest absolute Gasteiger partial charge is 0.353 e. The SMILES string of the molecule is O=[N+]([O-])c1c(Nc2cccc(Cl)c2Cl)ncnc1Nc1cccc(Cl)c1Cl. The van der Waals surface area contributed by atoms with E-state index < -0.39 is 10.6 Å². The third kappa shape index (κ3) is 4.17. The summed E-state index contributed by atoms with van der Waals surface area (Å²) in [5.41, 5.74) is 0.319. The van der Waals surface area contributed by atoms with Crippen molar-refractivity contribution in [2.75, 3.05) is 10.6 Å². The molecule has 138 valence electrons. The monoisotopic (exact) mass is 443 g/mol. The molecule has 3 rings (SSSR count). The van der Waals surface area contributed by atoms with Gasteiger partial charge in [0.15, 0.2) is 0 Å². The molecule has 0 aliphatic rings. The molecule has 2 N–H and O–H groups in total. The minimum Gasteiger partial charge on any atom is -0.333 e. The van der Waals surface area contributed by atoms with Gasteiger partial charge in [-0.1, -0.05) is 58.5 Å². The summed E-state index contributed by atoms with van der Waals surface area (Å²) in [4.78, 5) is 18.9. The van der Waals surface area contributed by atoms with E-state index in [-0.39, 0.29) is 21.7 Å². The molecular weight excluding hydrogens is 436 g/mol. The Labute approximate surface area is 173 Å². The highest BCUT2D eigenvalue weighted by Gasteiger charge is 2.24. The summed E-state index contributed by atoms with van der Waals surface area (Å²) in [6, 6.07) is 9.71. The van der Waals surface area contributed by atoms with Crippen LogP contribution in [-0.2, 0) is 0 Å². The van der Waals surface area contributed by atoms with Crippen LogP contribution >= 0.6 is 46.4 Å². The fourth-order valence-electron chi connectivity index (χ4n) is 2.19. The smallest absolute Gasteiger partial charge is 0.333 e. The zero-order chi connectivity index (χ0) is 19.6. The number of nitrogens with zero attached hydrogens (tertiary/aromatic N) is 3. The molecule has 0 unspecified atom stereocenters. The Balaban J connectivity index is 2.04. The Bertz CT molecular complexity index is 960. The highest BCUT2D eigenvalue weighted by molar-refractivity contribution is 6.44. The van der Waals surface area contributed by atoms with Crippen LogP contribution in [0, 0.1) is 10.1 Å². The van der Waals surface area contributed by atoms with E-state index >= 15 is 0 Å². The first-order valence-electron chi connectivity index (χ1n) is 7.30. The second-order valence-corrected chi connectivity index (χ2v) is 6.70. The number of anilines is 4. The van der Waals surface area contributed by atoms with E-state index in [9.17, 15) is 10.1 Å². The number of hydrogen-bond donors (Lipinski definition) is 2. The van der Waals surface area contributed by atoms with Crippen LogP contribution in [-0.4, -0.2) is 14.9 Å². The van der Waals surface area contributed by atoms with Gasteiger partial charge in [0.2, 0.25) is 11.6 Å². The van der Waals surface area contributed by atoms with E-state index in [1.165, 1.54) is 0 Å². The maximum atomic E-state index is 11.7. The Hall–Kier alpha value is -2.32. The fourth-order valence-corrected chi connectivity index (χ4v) is 2.89. The third-order valence-corrected chi connectivity index (χ3v) is 5.05. The predicted octanol–water partition coefficient (Wildman–Crippen LogP) is 6.49. The molecule has 0 atom stereocenters. The lowest BCUT2D eigenvalue weighted by Gasteiger charge is -2.12. The van der Waals surface area contributed by atoms with Gasteiger partial charge in [0.25, 0.3) is 0 Å². The average Bonchev–Trinajstić information content (AvgIpc) is 2.63. The minimum absolute atomic E-state index is 0.0696. The van der Waals surface area contributed by atoms with Gasteiger partial charge in [0.05, 0.1) is 36.4 Å². The first kappa shape index (κ1) is 19.4. The van der Waals surface area contributed by atoms with Crippen LogP contribution in [0.1, 0.15) is 0 Å². The van der Waals surface area contributed by atoms with Crippen molar-refractivity contribution in [3.05, 3.63) is 72.9 Å². The van der Waals surface area contributed by atoms with Crippen molar-refractivity contribution in [1.29, 1.82) is 0 Å². The van der Waals surface area contributed by atoms with Crippen LogP contribution in [0.2, 0.25) is 20.1 Å². The quantitative estimate of drug-likeness (QED) is 0.345. The van der Waals surface area contributed by atoms with Crippen molar-refractivity contribution >= 4 is 75.1 Å². The summed E-state index contributed by atoms with van der Waals surface area (Å²) >= 11 is 24.2. The molecule has 0 bridgehead atoms. The molecule has 1 aromatic heterocycles. The van der Waals surface area contributed by atoms with Crippen LogP contribution < -0.4 is 10.6 Å². The fraction of sp³-hybridized carbons (Fsp3) is 0. The van der Waals surface area contributed by atoms with Gasteiger partial charge in [0, 0.05) is 0 Å². The highest BCUT2D eigenvalue weighted by atomic mass is 35.5. The van der Waals surface area contributed by atoms with Gasteiger partial charge in [0.1, 0.15) is 6.33 Å². The summed E-state index contributed by atoms with van der Waals surface area (Å²) in [6.07, 6.45) is 1.16. The normalized spacial score (nSPS) is 10.5. The molecule has 1 heterocycles. The number of nitrogens with one attached hydrogen (secondary N) is 2. The van der Waals surface area contributed by atoms with Crippen LogP contribution in [0.3, 0.4) is 0 Å². The molecule has 0 saturated heterocycles. The molecule has 0 saturated carbocycles. The number of nitro groups is 1. The van der Waals surface area contributed by atoms with Gasteiger partial charge in [-0.2, -0.15) is 0 Å². The summed E-state index contributed by atoms with van der Waals surface area (Å²) in [6.45, 7) is 0. The molecule has 0 amide bonds. The molecule has 0 fully saturated rings. The molecule has 0 spiro atoms. The van der Waals surface area contributed by atoms with Crippen LogP contribution in [0.15, 0.2) is 42.7 Å². The average molecular weight is 445 g/mol. The molecule has 0 aliphatic carbocycles. The van der Waals surface area contributed by atoms with Crippen LogP contribution in [0.25, 0.3) is 0 Å². The van der Waals surface area contributed by atoms with E-state index in [0.29, 0.717) is 21.4 Å². The second kappa shape index (κ2) is 8.14. The highest BCUT2D eigenvalue weighted by Crippen LogP contribution is 2.38. The Morgan fingerprint density at radius 2 is 1.26 bits per heavy atom. The lowest BCUT2D eigenvalue weighted by Crippen LogP contribution is -2.06. The number of benzene rings is 2. The summed E-state index contributed by atoms with van der Waals surface area (Å²) in [7, 11) is 0. The van der Waals surface area contributed by atoms with Crippen LogP contribution in [0.5, 0.6) is 0 Å². The van der Waals surface area contributed by atoms with Crippen molar-refractivity contribution in [2.45, 2.75) is 0 Å². The van der Waals surface area contributed by atoms with Crippen molar-refractivity contribution in [1.82, 2.24) is 9.97 Å². The molecule has 7 nitrogen and oxygen atoms in total. The van der Waals surface area contributed by atoms with Crippen molar-refractivity contribution < 1.29 is 4.92 Å². The Morgan fingerprint density at radius 3 is 1.67 bits per heavy atom. The number of halogens is 4. The van der Waals surface area contributed by atoms with Crippen molar-refractivity contribution in [3.8, 4) is 0 Å². The van der Waals surface area contributed by atoms with E-state index in [2.05, 4.69) is 20.6 Å². The number of hydrogen-bond acceptors (Lipinski definition) is 6. The third-order valence-electron chi connectivity index (χ3n) is 3.41. The number of rotatable bonds is 5. The van der Waals surface area contributed by atoms with Crippen molar-refractivity contribution in [3.63, 3.8) is 0 Å². The topological polar surface area (TPSA) is 93.0 Å². The second-order valence-electron chi connectivity index (χ2n) is 5.13. The summed E-state index contributed by atoms with van der Waals surface area (Å²) < 4.78 is 0. The van der Waals surface area contributed by atoms with E-state index in [4.69, 9.17) is 46.4 Å². The van der Waals surface area contributed by atoms with Crippen LogP contribution in [0.4, 0.5) is 28.7 Å².